The summed E-state index contributed by atoms with van der Waals surface area (Å²) >= 11 is 0. The number of rotatable bonds is 9. The zero-order valence-corrected chi connectivity index (χ0v) is 15.9. The van der Waals surface area contributed by atoms with E-state index in [9.17, 15) is 0 Å². The molecule has 4 nitrogen and oxygen atoms in total. The smallest absolute Gasteiger partial charge is 0.161 e. The molecule has 0 saturated carbocycles. The molecule has 4 heteroatoms. The van der Waals surface area contributed by atoms with Crippen molar-refractivity contribution in [3.05, 3.63) is 89.2 Å². The van der Waals surface area contributed by atoms with Crippen molar-refractivity contribution in [1.29, 1.82) is 0 Å². The lowest BCUT2D eigenvalue weighted by Gasteiger charge is -2.14. The molecular weight excluding hydrogens is 336 g/mol. The molecule has 0 amide bonds. The van der Waals surface area contributed by atoms with Crippen molar-refractivity contribution in [2.24, 2.45) is 0 Å². The van der Waals surface area contributed by atoms with Gasteiger partial charge < -0.3 is 14.8 Å². The lowest BCUT2D eigenvalue weighted by molar-refractivity contribution is 0.268. The predicted octanol–water partition coefficient (Wildman–Crippen LogP) is 4.66. The van der Waals surface area contributed by atoms with Gasteiger partial charge in [0.2, 0.25) is 0 Å². The minimum absolute atomic E-state index is 0.532. The van der Waals surface area contributed by atoms with E-state index in [4.69, 9.17) is 9.47 Å². The van der Waals surface area contributed by atoms with Crippen LogP contribution in [0.25, 0.3) is 0 Å². The summed E-state index contributed by atoms with van der Waals surface area (Å²) in [5.41, 5.74) is 4.59. The van der Waals surface area contributed by atoms with Gasteiger partial charge >= 0.3 is 0 Å². The van der Waals surface area contributed by atoms with Gasteiger partial charge in [-0.25, -0.2) is 0 Å². The van der Waals surface area contributed by atoms with Gasteiger partial charge in [0.1, 0.15) is 6.61 Å². The largest absolute Gasteiger partial charge is 0.490 e. The summed E-state index contributed by atoms with van der Waals surface area (Å²) < 4.78 is 11.8. The van der Waals surface area contributed by atoms with E-state index in [1.165, 1.54) is 11.1 Å². The van der Waals surface area contributed by atoms with Gasteiger partial charge in [0.05, 0.1) is 12.3 Å². The number of nitrogens with zero attached hydrogens (tertiary/aromatic N) is 1. The highest BCUT2D eigenvalue weighted by molar-refractivity contribution is 5.43. The fourth-order valence-electron chi connectivity index (χ4n) is 2.82. The summed E-state index contributed by atoms with van der Waals surface area (Å²) in [5.74, 6) is 1.55. The van der Waals surface area contributed by atoms with Crippen molar-refractivity contribution in [3.63, 3.8) is 0 Å². The number of ether oxygens (including phenoxy) is 2. The van der Waals surface area contributed by atoms with Crippen LogP contribution in [0.15, 0.2) is 66.9 Å². The molecule has 140 valence electrons. The molecule has 0 fully saturated rings. The number of pyridine rings is 1. The molecule has 2 aromatic carbocycles. The topological polar surface area (TPSA) is 43.4 Å². The summed E-state index contributed by atoms with van der Waals surface area (Å²) in [4.78, 5) is 4.32. The second kappa shape index (κ2) is 9.74. The molecule has 0 atom stereocenters. The molecule has 0 aliphatic carbocycles. The van der Waals surface area contributed by atoms with Crippen LogP contribution < -0.4 is 14.8 Å². The average molecular weight is 362 g/mol. The van der Waals surface area contributed by atoms with Crippen LogP contribution in [0.3, 0.4) is 0 Å². The highest BCUT2D eigenvalue weighted by Gasteiger charge is 2.08. The quantitative estimate of drug-likeness (QED) is 0.601. The van der Waals surface area contributed by atoms with Gasteiger partial charge in [0.15, 0.2) is 11.5 Å². The Bertz CT molecular complexity index is 850. The van der Waals surface area contributed by atoms with Gasteiger partial charge in [0.25, 0.3) is 0 Å². The number of nitrogens with one attached hydrogen (secondary N) is 1. The monoisotopic (exact) mass is 362 g/mol. The molecule has 0 spiro atoms. The Morgan fingerprint density at radius 2 is 1.74 bits per heavy atom. The molecule has 1 aromatic heterocycles. The molecule has 0 aliphatic heterocycles. The van der Waals surface area contributed by atoms with Crippen LogP contribution in [-0.2, 0) is 19.7 Å². The first-order valence-electron chi connectivity index (χ1n) is 9.30. The Morgan fingerprint density at radius 3 is 2.52 bits per heavy atom. The van der Waals surface area contributed by atoms with Crippen LogP contribution >= 0.6 is 0 Å². The molecule has 0 bridgehead atoms. The van der Waals surface area contributed by atoms with Gasteiger partial charge in [0, 0.05) is 19.3 Å². The van der Waals surface area contributed by atoms with E-state index in [2.05, 4.69) is 35.4 Å². The van der Waals surface area contributed by atoms with Crippen LogP contribution in [0.2, 0.25) is 0 Å². The van der Waals surface area contributed by atoms with Crippen molar-refractivity contribution in [3.8, 4) is 11.5 Å². The van der Waals surface area contributed by atoms with E-state index in [1.54, 1.807) is 0 Å². The molecule has 0 aliphatic rings. The Kier molecular flexibility index (Phi) is 6.83. The molecule has 0 unspecified atom stereocenters. The molecule has 0 radical (unpaired) electrons. The van der Waals surface area contributed by atoms with Crippen LogP contribution in [0.1, 0.15) is 29.3 Å². The van der Waals surface area contributed by atoms with Gasteiger partial charge in [-0.15, -0.1) is 0 Å². The van der Waals surface area contributed by atoms with E-state index < -0.39 is 0 Å². The zero-order valence-electron chi connectivity index (χ0n) is 15.9. The first kappa shape index (κ1) is 18.9. The van der Waals surface area contributed by atoms with Gasteiger partial charge in [-0.2, -0.15) is 0 Å². The predicted molar refractivity (Wildman–Crippen MR) is 108 cm³/mol. The molecule has 0 saturated heterocycles. The molecule has 1 N–H and O–H groups in total. The minimum atomic E-state index is 0.532. The Labute approximate surface area is 161 Å². The Morgan fingerprint density at radius 1 is 0.889 bits per heavy atom. The Balaban J connectivity index is 1.62. The third-order valence-electron chi connectivity index (χ3n) is 4.31. The van der Waals surface area contributed by atoms with E-state index in [1.807, 2.05) is 55.6 Å². The second-order valence-electron chi connectivity index (χ2n) is 6.35. The van der Waals surface area contributed by atoms with Gasteiger partial charge in [-0.3, -0.25) is 4.98 Å². The first-order valence-corrected chi connectivity index (χ1v) is 9.30. The summed E-state index contributed by atoms with van der Waals surface area (Å²) in [5, 5.41) is 3.41. The molecule has 27 heavy (non-hydrogen) atoms. The summed E-state index contributed by atoms with van der Waals surface area (Å²) in [6, 6.07) is 20.3. The van der Waals surface area contributed by atoms with E-state index in [0.717, 1.165) is 35.8 Å². The fraction of sp³-hybridized carbons (Fsp3) is 0.261. The molecule has 1 heterocycles. The molecular formula is C23H26N2O2. The third-order valence-corrected chi connectivity index (χ3v) is 4.31. The first-order chi connectivity index (χ1) is 13.3. The second-order valence-corrected chi connectivity index (χ2v) is 6.35. The average Bonchev–Trinajstić information content (AvgIpc) is 2.69. The molecule has 3 aromatic rings. The summed E-state index contributed by atoms with van der Waals surface area (Å²) in [6.45, 7) is 6.69. The van der Waals surface area contributed by atoms with Crippen molar-refractivity contribution in [1.82, 2.24) is 10.3 Å². The zero-order chi connectivity index (χ0) is 18.9. The normalized spacial score (nSPS) is 10.6. The number of hydrogen-bond donors (Lipinski definition) is 1. The minimum Gasteiger partial charge on any atom is -0.490 e. The van der Waals surface area contributed by atoms with Crippen molar-refractivity contribution in [2.75, 3.05) is 6.61 Å². The standard InChI is InChI=1S/C23H26N2O2/c1-3-26-23-14-19(15-24-16-21-10-6-7-13-25-21)11-12-22(23)27-17-20-9-5-4-8-18(20)2/h4-14,24H,3,15-17H2,1-2H3. The van der Waals surface area contributed by atoms with Crippen molar-refractivity contribution < 1.29 is 9.47 Å². The van der Waals surface area contributed by atoms with Gasteiger partial charge in [-0.1, -0.05) is 36.4 Å². The number of benzene rings is 2. The highest BCUT2D eigenvalue weighted by Crippen LogP contribution is 2.29. The number of aromatic nitrogens is 1. The maximum Gasteiger partial charge on any atom is 0.161 e. The van der Waals surface area contributed by atoms with Gasteiger partial charge in [-0.05, 0) is 54.8 Å². The SMILES string of the molecule is CCOc1cc(CNCc2ccccn2)ccc1OCc1ccccc1C. The van der Waals surface area contributed by atoms with E-state index >= 15 is 0 Å². The van der Waals surface area contributed by atoms with Crippen LogP contribution in [0.4, 0.5) is 0 Å². The summed E-state index contributed by atoms with van der Waals surface area (Å²) in [7, 11) is 0. The number of hydrogen-bond acceptors (Lipinski definition) is 4. The lowest BCUT2D eigenvalue weighted by Crippen LogP contribution is -2.13. The fourth-order valence-corrected chi connectivity index (χ4v) is 2.82. The summed E-state index contributed by atoms with van der Waals surface area (Å²) in [6.07, 6.45) is 1.81. The molecule has 3 rings (SSSR count). The van der Waals surface area contributed by atoms with Crippen LogP contribution in [0, 0.1) is 6.92 Å². The van der Waals surface area contributed by atoms with E-state index in [-0.39, 0.29) is 0 Å². The third kappa shape index (κ3) is 5.56. The maximum atomic E-state index is 6.03. The maximum absolute atomic E-state index is 6.03. The van der Waals surface area contributed by atoms with Crippen molar-refractivity contribution >= 4 is 0 Å². The van der Waals surface area contributed by atoms with E-state index in [0.29, 0.717) is 13.2 Å². The number of aryl methyl sites for hydroxylation is 1. The van der Waals surface area contributed by atoms with Crippen LogP contribution in [-0.4, -0.2) is 11.6 Å². The Hall–Kier alpha value is -2.85. The van der Waals surface area contributed by atoms with Crippen molar-refractivity contribution in [2.45, 2.75) is 33.5 Å². The lowest BCUT2D eigenvalue weighted by atomic mass is 10.1. The van der Waals surface area contributed by atoms with Crippen LogP contribution in [0.5, 0.6) is 11.5 Å². The highest BCUT2D eigenvalue weighted by atomic mass is 16.5.